The smallest absolute Gasteiger partial charge is 0.249 e. The molecule has 2 amide bonds. The summed E-state index contributed by atoms with van der Waals surface area (Å²) >= 11 is 0. The predicted molar refractivity (Wildman–Crippen MR) is 65.5 cm³/mol. The molecule has 0 radical (unpaired) electrons. The number of amides is 2. The maximum Gasteiger partial charge on any atom is 0.249 e. The molecular formula is C13H14F2N2O2. The van der Waals surface area contributed by atoms with E-state index in [0.717, 1.165) is 17.0 Å². The minimum atomic E-state index is -0.808. The van der Waals surface area contributed by atoms with Crippen LogP contribution < -0.4 is 10.2 Å². The van der Waals surface area contributed by atoms with Gasteiger partial charge in [-0.1, -0.05) is 13.0 Å². The van der Waals surface area contributed by atoms with Gasteiger partial charge in [0, 0.05) is 13.0 Å². The molecule has 6 heteroatoms. The van der Waals surface area contributed by atoms with Crippen LogP contribution in [0.3, 0.4) is 0 Å². The van der Waals surface area contributed by atoms with Crippen molar-refractivity contribution in [3.8, 4) is 0 Å². The number of carbonyl (C=O) groups excluding carboxylic acids is 2. The molecule has 1 aromatic rings. The Hall–Kier alpha value is -1.98. The van der Waals surface area contributed by atoms with E-state index in [0.29, 0.717) is 6.42 Å². The second-order valence-corrected chi connectivity index (χ2v) is 4.34. The quantitative estimate of drug-likeness (QED) is 0.885. The van der Waals surface area contributed by atoms with Gasteiger partial charge in [-0.25, -0.2) is 8.78 Å². The first-order valence-corrected chi connectivity index (χ1v) is 6.09. The van der Waals surface area contributed by atoms with E-state index in [-0.39, 0.29) is 24.6 Å². The minimum Gasteiger partial charge on any atom is -0.344 e. The summed E-state index contributed by atoms with van der Waals surface area (Å²) in [6.45, 7) is 1.70. The average Bonchev–Trinajstić information content (AvgIpc) is 2.51. The van der Waals surface area contributed by atoms with Crippen molar-refractivity contribution < 1.29 is 18.4 Å². The second kappa shape index (κ2) is 5.34. The Morgan fingerprint density at radius 1 is 1.32 bits per heavy atom. The molecule has 1 N–H and O–H groups in total. The highest BCUT2D eigenvalue weighted by Gasteiger charge is 2.32. The summed E-state index contributed by atoms with van der Waals surface area (Å²) < 4.78 is 27.5. The van der Waals surface area contributed by atoms with Crippen LogP contribution in [0.2, 0.25) is 0 Å². The summed E-state index contributed by atoms with van der Waals surface area (Å²) in [6, 6.07) is 2.67. The molecule has 1 saturated heterocycles. The molecule has 0 bridgehead atoms. The molecule has 0 spiro atoms. The van der Waals surface area contributed by atoms with E-state index in [9.17, 15) is 18.4 Å². The van der Waals surface area contributed by atoms with E-state index in [4.69, 9.17) is 0 Å². The summed E-state index contributed by atoms with van der Waals surface area (Å²) in [5.41, 5.74) is -0.387. The van der Waals surface area contributed by atoms with Gasteiger partial charge in [-0.05, 0) is 18.6 Å². The first-order valence-electron chi connectivity index (χ1n) is 6.09. The zero-order valence-corrected chi connectivity index (χ0v) is 10.5. The van der Waals surface area contributed by atoms with E-state index in [1.807, 2.05) is 0 Å². The van der Waals surface area contributed by atoms with Crippen molar-refractivity contribution in [3.05, 3.63) is 29.8 Å². The molecule has 2 rings (SSSR count). The normalized spacial score (nSPS) is 20.2. The first-order chi connectivity index (χ1) is 9.04. The number of hydrogen-bond donors (Lipinski definition) is 1. The van der Waals surface area contributed by atoms with Crippen molar-refractivity contribution >= 4 is 17.5 Å². The summed E-state index contributed by atoms with van der Waals surface area (Å²) in [5, 5.41) is 2.54. The lowest BCUT2D eigenvalue weighted by atomic mass is 10.2. The van der Waals surface area contributed by atoms with Gasteiger partial charge in [-0.2, -0.15) is 0 Å². The number of rotatable bonds is 2. The third-order valence-electron chi connectivity index (χ3n) is 3.08. The van der Waals surface area contributed by atoms with Gasteiger partial charge in [-0.3, -0.25) is 9.59 Å². The van der Waals surface area contributed by atoms with Crippen molar-refractivity contribution in [2.45, 2.75) is 25.8 Å². The van der Waals surface area contributed by atoms with Crippen molar-refractivity contribution in [3.63, 3.8) is 0 Å². The van der Waals surface area contributed by atoms with E-state index in [2.05, 4.69) is 5.32 Å². The van der Waals surface area contributed by atoms with Crippen LogP contribution in [0.4, 0.5) is 14.5 Å². The number of nitrogens with zero attached hydrogens (tertiary/aromatic N) is 1. The molecule has 1 aliphatic heterocycles. The summed E-state index contributed by atoms with van der Waals surface area (Å²) in [6.07, 6.45) is 0.396. The van der Waals surface area contributed by atoms with Crippen LogP contribution >= 0.6 is 0 Å². The van der Waals surface area contributed by atoms with Crippen molar-refractivity contribution in [2.75, 3.05) is 11.4 Å². The maximum atomic E-state index is 13.7. The summed E-state index contributed by atoms with van der Waals surface area (Å²) in [5.74, 6) is -2.40. The maximum absolute atomic E-state index is 13.7. The van der Waals surface area contributed by atoms with Gasteiger partial charge in [0.2, 0.25) is 11.8 Å². The fourth-order valence-electron chi connectivity index (χ4n) is 2.09. The number of anilines is 1. The van der Waals surface area contributed by atoms with Crippen molar-refractivity contribution in [1.29, 1.82) is 0 Å². The molecule has 19 heavy (non-hydrogen) atoms. The van der Waals surface area contributed by atoms with Gasteiger partial charge >= 0.3 is 0 Å². The molecule has 1 aromatic carbocycles. The molecule has 102 valence electrons. The van der Waals surface area contributed by atoms with Gasteiger partial charge in [-0.15, -0.1) is 0 Å². The van der Waals surface area contributed by atoms with Gasteiger partial charge in [0.05, 0.1) is 0 Å². The first kappa shape index (κ1) is 13.5. The van der Waals surface area contributed by atoms with Crippen LogP contribution in [-0.2, 0) is 9.59 Å². The fourth-order valence-corrected chi connectivity index (χ4v) is 2.09. The van der Waals surface area contributed by atoms with Gasteiger partial charge in [0.25, 0.3) is 0 Å². The molecule has 0 saturated carbocycles. The van der Waals surface area contributed by atoms with Crippen LogP contribution in [0.25, 0.3) is 0 Å². The molecule has 1 fully saturated rings. The Kier molecular flexibility index (Phi) is 3.78. The lowest BCUT2D eigenvalue weighted by Crippen LogP contribution is -2.44. The summed E-state index contributed by atoms with van der Waals surface area (Å²) in [7, 11) is 0. The molecular weight excluding hydrogens is 254 g/mol. The van der Waals surface area contributed by atoms with Gasteiger partial charge in [0.1, 0.15) is 23.4 Å². The zero-order valence-electron chi connectivity index (χ0n) is 10.5. The Labute approximate surface area is 109 Å². The SMILES string of the molecule is CCC1NC(=O)CCN(c2c(F)cccc2F)C1=O. The lowest BCUT2D eigenvalue weighted by Gasteiger charge is -2.24. The lowest BCUT2D eigenvalue weighted by molar-refractivity contribution is -0.125. The third kappa shape index (κ3) is 2.57. The predicted octanol–water partition coefficient (Wildman–Crippen LogP) is 1.60. The van der Waals surface area contributed by atoms with Gasteiger partial charge < -0.3 is 10.2 Å². The average molecular weight is 268 g/mol. The molecule has 1 heterocycles. The van der Waals surface area contributed by atoms with Crippen LogP contribution in [0.5, 0.6) is 0 Å². The third-order valence-corrected chi connectivity index (χ3v) is 3.08. The van der Waals surface area contributed by atoms with E-state index >= 15 is 0 Å². The van der Waals surface area contributed by atoms with E-state index in [1.165, 1.54) is 6.07 Å². The van der Waals surface area contributed by atoms with Crippen molar-refractivity contribution in [2.24, 2.45) is 0 Å². The highest BCUT2D eigenvalue weighted by molar-refractivity contribution is 6.01. The molecule has 0 aliphatic carbocycles. The Morgan fingerprint density at radius 2 is 1.95 bits per heavy atom. The minimum absolute atomic E-state index is 0.0238. The molecule has 1 unspecified atom stereocenters. The Morgan fingerprint density at radius 3 is 2.53 bits per heavy atom. The number of halogens is 2. The van der Waals surface area contributed by atoms with Crippen LogP contribution in [-0.4, -0.2) is 24.4 Å². The fraction of sp³-hybridized carbons (Fsp3) is 0.385. The molecule has 4 nitrogen and oxygen atoms in total. The van der Waals surface area contributed by atoms with Gasteiger partial charge in [0.15, 0.2) is 0 Å². The zero-order chi connectivity index (χ0) is 14.0. The summed E-state index contributed by atoms with van der Waals surface area (Å²) in [4.78, 5) is 24.7. The molecule has 0 aromatic heterocycles. The monoisotopic (exact) mass is 268 g/mol. The van der Waals surface area contributed by atoms with Crippen molar-refractivity contribution in [1.82, 2.24) is 5.32 Å². The number of para-hydroxylation sites is 1. The Balaban J connectivity index is 2.42. The topological polar surface area (TPSA) is 49.4 Å². The number of carbonyl (C=O) groups is 2. The Bertz CT molecular complexity index is 499. The highest BCUT2D eigenvalue weighted by atomic mass is 19.1. The van der Waals surface area contributed by atoms with E-state index in [1.54, 1.807) is 6.92 Å². The van der Waals surface area contributed by atoms with Crippen LogP contribution in [0.15, 0.2) is 18.2 Å². The largest absolute Gasteiger partial charge is 0.344 e. The number of benzene rings is 1. The highest BCUT2D eigenvalue weighted by Crippen LogP contribution is 2.25. The van der Waals surface area contributed by atoms with E-state index < -0.39 is 23.6 Å². The molecule has 1 atom stereocenters. The standard InChI is InChI=1S/C13H14F2N2O2/c1-2-10-13(19)17(7-6-11(18)16-10)12-8(14)4-3-5-9(12)15/h3-5,10H,2,6-7H2,1H3,(H,16,18). The van der Waals surface area contributed by atoms with Crippen LogP contribution in [0.1, 0.15) is 19.8 Å². The molecule has 1 aliphatic rings. The van der Waals surface area contributed by atoms with Crippen LogP contribution in [0, 0.1) is 11.6 Å². The second-order valence-electron chi connectivity index (χ2n) is 4.34. The number of nitrogens with one attached hydrogen (secondary N) is 1. The number of hydrogen-bond acceptors (Lipinski definition) is 2.